The summed E-state index contributed by atoms with van der Waals surface area (Å²) in [6, 6.07) is -0.878. The van der Waals surface area contributed by atoms with E-state index in [0.717, 1.165) is 0 Å². The number of aromatic nitrogens is 1. The van der Waals surface area contributed by atoms with Gasteiger partial charge in [-0.3, -0.25) is 14.7 Å². The molecule has 2 atom stereocenters. The molecule has 0 spiro atoms. The Labute approximate surface area is 180 Å². The maximum absolute atomic E-state index is 12.6. The first-order valence-electron chi connectivity index (χ1n) is 7.48. The topological polar surface area (TPSA) is 132 Å². The Morgan fingerprint density at radius 1 is 1.62 bits per heavy atom. The number of thiazole rings is 1. The first-order chi connectivity index (χ1) is 11.9. The van der Waals surface area contributed by atoms with E-state index in [1.807, 2.05) is 6.92 Å². The summed E-state index contributed by atoms with van der Waals surface area (Å²) in [5, 5.41) is 23.3. The fourth-order valence-electron chi connectivity index (χ4n) is 2.62. The van der Waals surface area contributed by atoms with E-state index in [4.69, 9.17) is 10.8 Å². The summed E-state index contributed by atoms with van der Waals surface area (Å²) < 4.78 is 0. The second kappa shape index (κ2) is 8.57. The van der Waals surface area contributed by atoms with Crippen molar-refractivity contribution >= 4 is 51.6 Å². The van der Waals surface area contributed by atoms with E-state index < -0.39 is 29.2 Å². The molecule has 0 aliphatic carbocycles. The zero-order valence-corrected chi connectivity index (χ0v) is 17.8. The predicted octanol–water partition coefficient (Wildman–Crippen LogP) is -2.47. The smallest absolute Gasteiger partial charge is 0.858 e. The number of aliphatic imine (C=N–C) groups is 1. The number of carboxylic acid groups (broad SMARTS) is 1. The number of aliphatic carboxylic acids is 1. The van der Waals surface area contributed by atoms with E-state index in [9.17, 15) is 14.7 Å². The van der Waals surface area contributed by atoms with Crippen LogP contribution in [0.3, 0.4) is 0 Å². The van der Waals surface area contributed by atoms with Crippen molar-refractivity contribution in [1.82, 2.24) is 9.88 Å². The molecular weight excluding hydrogens is 387 g/mol. The van der Waals surface area contributed by atoms with Crippen LogP contribution in [0.5, 0.6) is 0 Å². The number of carbonyl (C=O) groups excluding carboxylic acids is 1. The maximum Gasteiger partial charge on any atom is 1.00 e. The van der Waals surface area contributed by atoms with Crippen molar-refractivity contribution in [3.05, 3.63) is 28.9 Å². The SMILES string of the molecule is CC/C=C(\C([O-])=N[C@@H]1C(=O)N2C(C(=O)O)=CCS[C@H]12)c1csc(N)n1.[Na+]. The minimum absolute atomic E-state index is 0. The molecule has 2 aliphatic rings. The van der Waals surface area contributed by atoms with E-state index in [0.29, 0.717) is 28.6 Å². The van der Waals surface area contributed by atoms with Gasteiger partial charge in [0, 0.05) is 16.7 Å². The fourth-order valence-corrected chi connectivity index (χ4v) is 4.36. The van der Waals surface area contributed by atoms with Crippen molar-refractivity contribution in [2.45, 2.75) is 24.8 Å². The molecule has 0 saturated carbocycles. The van der Waals surface area contributed by atoms with Crippen LogP contribution in [-0.2, 0) is 9.59 Å². The Hall–Kier alpha value is -1.33. The Morgan fingerprint density at radius 2 is 2.35 bits per heavy atom. The summed E-state index contributed by atoms with van der Waals surface area (Å²) in [6.45, 7) is 1.88. The van der Waals surface area contributed by atoms with Gasteiger partial charge in [-0.15, -0.1) is 23.1 Å². The van der Waals surface area contributed by atoms with Gasteiger partial charge in [0.25, 0.3) is 5.91 Å². The normalized spacial score (nSPS) is 22.9. The molecule has 132 valence electrons. The van der Waals surface area contributed by atoms with Crippen molar-refractivity contribution < 1.29 is 49.4 Å². The van der Waals surface area contributed by atoms with Crippen molar-refractivity contribution in [1.29, 1.82) is 0 Å². The van der Waals surface area contributed by atoms with Gasteiger partial charge in [0.05, 0.1) is 5.69 Å². The Kier molecular flexibility index (Phi) is 6.92. The molecule has 0 radical (unpaired) electrons. The van der Waals surface area contributed by atoms with Crippen LogP contribution in [-0.4, -0.2) is 49.9 Å². The molecule has 1 amide bonds. The predicted molar refractivity (Wildman–Crippen MR) is 94.8 cm³/mol. The molecule has 2 aliphatic heterocycles. The quantitative estimate of drug-likeness (QED) is 0.241. The molecule has 1 saturated heterocycles. The first-order valence-corrected chi connectivity index (χ1v) is 9.41. The van der Waals surface area contributed by atoms with E-state index >= 15 is 0 Å². The monoisotopic (exact) mass is 402 g/mol. The van der Waals surface area contributed by atoms with Crippen molar-refractivity contribution in [2.75, 3.05) is 11.5 Å². The average molecular weight is 402 g/mol. The number of allylic oxidation sites excluding steroid dienone is 1. The first kappa shape index (κ1) is 21.0. The molecule has 0 aromatic carbocycles. The molecule has 26 heavy (non-hydrogen) atoms. The molecule has 3 rings (SSSR count). The van der Waals surface area contributed by atoms with Crippen LogP contribution in [0.15, 0.2) is 28.2 Å². The maximum atomic E-state index is 12.6. The van der Waals surface area contributed by atoms with Crippen molar-refractivity contribution in [3.63, 3.8) is 0 Å². The summed E-state index contributed by atoms with van der Waals surface area (Å²) in [4.78, 5) is 32.8. The summed E-state index contributed by atoms with van der Waals surface area (Å²) in [5.74, 6) is -1.73. The summed E-state index contributed by atoms with van der Waals surface area (Å²) in [7, 11) is 0. The molecule has 3 heterocycles. The Balaban J connectivity index is 0.00000243. The van der Waals surface area contributed by atoms with Gasteiger partial charge in [0.15, 0.2) is 11.2 Å². The number of thioether (sulfide) groups is 1. The van der Waals surface area contributed by atoms with Gasteiger partial charge in [-0.05, 0) is 18.4 Å². The summed E-state index contributed by atoms with van der Waals surface area (Å²) in [6.07, 6.45) is 3.78. The number of nitrogens with zero attached hydrogens (tertiary/aromatic N) is 3. The van der Waals surface area contributed by atoms with Crippen LogP contribution in [0.25, 0.3) is 5.57 Å². The third-order valence-corrected chi connectivity index (χ3v) is 5.57. The number of hydrogen-bond acceptors (Lipinski definition) is 8. The number of hydrogen-bond donors (Lipinski definition) is 2. The Bertz CT molecular complexity index is 820. The van der Waals surface area contributed by atoms with Gasteiger partial charge >= 0.3 is 35.5 Å². The molecule has 0 unspecified atom stereocenters. The molecule has 8 nitrogen and oxygen atoms in total. The van der Waals surface area contributed by atoms with Crippen LogP contribution in [0.4, 0.5) is 5.13 Å². The minimum atomic E-state index is -1.16. The van der Waals surface area contributed by atoms with Crippen LogP contribution in [0.1, 0.15) is 19.0 Å². The molecule has 1 aromatic heterocycles. The fraction of sp³-hybridized carbons (Fsp3) is 0.333. The van der Waals surface area contributed by atoms with Gasteiger partial charge in [0.2, 0.25) is 0 Å². The van der Waals surface area contributed by atoms with Crippen molar-refractivity contribution in [2.24, 2.45) is 4.99 Å². The van der Waals surface area contributed by atoms with Gasteiger partial charge < -0.3 is 15.9 Å². The van der Waals surface area contributed by atoms with E-state index in [-0.39, 0.29) is 35.3 Å². The third kappa shape index (κ3) is 3.84. The zero-order chi connectivity index (χ0) is 18.1. The zero-order valence-electron chi connectivity index (χ0n) is 14.2. The van der Waals surface area contributed by atoms with Gasteiger partial charge in [-0.2, -0.15) is 0 Å². The van der Waals surface area contributed by atoms with Gasteiger partial charge in [-0.1, -0.05) is 13.0 Å². The largest absolute Gasteiger partial charge is 1.00 e. The van der Waals surface area contributed by atoms with Gasteiger partial charge in [0.1, 0.15) is 11.1 Å². The van der Waals surface area contributed by atoms with Crippen LogP contribution in [0.2, 0.25) is 0 Å². The minimum Gasteiger partial charge on any atom is -0.858 e. The van der Waals surface area contributed by atoms with Crippen LogP contribution < -0.4 is 40.4 Å². The number of anilines is 1. The van der Waals surface area contributed by atoms with Crippen LogP contribution in [0, 0.1) is 0 Å². The second-order valence-corrected chi connectivity index (χ2v) is 7.34. The number of nitrogens with two attached hydrogens (primary N) is 1. The van der Waals surface area contributed by atoms with E-state index in [1.165, 1.54) is 34.1 Å². The number of β-lactam (4-membered cyclic amide) rings is 1. The average Bonchev–Trinajstić information content (AvgIpc) is 3.02. The number of amides is 1. The molecule has 1 aromatic rings. The van der Waals surface area contributed by atoms with E-state index in [1.54, 1.807) is 11.5 Å². The van der Waals surface area contributed by atoms with E-state index in [2.05, 4.69) is 9.98 Å². The van der Waals surface area contributed by atoms with Crippen LogP contribution >= 0.6 is 23.1 Å². The third-order valence-electron chi connectivity index (χ3n) is 3.73. The number of carboxylic acids is 1. The number of carbonyl (C=O) groups is 2. The molecule has 1 fully saturated rings. The number of fused-ring (bicyclic) bond motifs is 1. The van der Waals surface area contributed by atoms with Gasteiger partial charge in [-0.25, -0.2) is 9.78 Å². The standard InChI is InChI=1S/C15H16N4O4S2.Na/c1-2-3-7(8-6-25-15(16)17-8)11(20)18-10-12(21)19-9(14(22)23)4-5-24-13(10)19;/h3-4,6,10,13H,2,5H2,1H3,(H2,16,17)(H,18,20)(H,22,23);/q;+1/p-1/b7-3-;/t10-,13-;/m1./s1. The summed E-state index contributed by atoms with van der Waals surface area (Å²) >= 11 is 2.60. The molecule has 0 bridgehead atoms. The Morgan fingerprint density at radius 3 is 2.92 bits per heavy atom. The molecular formula is C15H15N4NaO4S2. The number of nitrogen functional groups attached to an aromatic ring is 1. The number of rotatable bonds is 5. The summed E-state index contributed by atoms with van der Waals surface area (Å²) in [5.41, 5.74) is 6.30. The second-order valence-electron chi connectivity index (χ2n) is 5.30. The van der Waals surface area contributed by atoms with Crippen molar-refractivity contribution in [3.8, 4) is 0 Å². The molecule has 3 N–H and O–H groups in total. The molecule has 11 heteroatoms.